The van der Waals surface area contributed by atoms with E-state index in [-0.39, 0.29) is 11.2 Å². The molecule has 136 valence electrons. The topological polar surface area (TPSA) is 57.9 Å². The SMILES string of the molecule is Cc1ccc([S@](=O)c2ccccc2[C@]2(C#N)CC3=CC(=O)C[C@]3(C)C2)cc1. The van der Waals surface area contributed by atoms with Crippen LogP contribution in [0.25, 0.3) is 0 Å². The van der Waals surface area contributed by atoms with Crippen LogP contribution in [0.4, 0.5) is 0 Å². The van der Waals surface area contributed by atoms with E-state index in [2.05, 4.69) is 13.0 Å². The van der Waals surface area contributed by atoms with Gasteiger partial charge < -0.3 is 0 Å². The predicted molar refractivity (Wildman–Crippen MR) is 105 cm³/mol. The second kappa shape index (κ2) is 6.28. The molecule has 2 aromatic carbocycles. The highest BCUT2D eigenvalue weighted by molar-refractivity contribution is 7.85. The average molecular weight is 375 g/mol. The number of fused-ring (bicyclic) bond motifs is 1. The minimum atomic E-state index is -1.35. The molecule has 4 heteroatoms. The van der Waals surface area contributed by atoms with Crippen molar-refractivity contribution in [2.75, 3.05) is 0 Å². The van der Waals surface area contributed by atoms with E-state index in [1.165, 1.54) is 0 Å². The molecule has 0 saturated heterocycles. The molecule has 1 fully saturated rings. The van der Waals surface area contributed by atoms with Crippen LogP contribution in [0.5, 0.6) is 0 Å². The first-order valence-corrected chi connectivity index (χ1v) is 10.2. The van der Waals surface area contributed by atoms with Crippen LogP contribution in [0.2, 0.25) is 0 Å². The number of carbonyl (C=O) groups excluding carboxylic acids is 1. The van der Waals surface area contributed by atoms with Gasteiger partial charge in [0.25, 0.3) is 0 Å². The molecule has 0 aromatic heterocycles. The number of benzene rings is 2. The summed E-state index contributed by atoms with van der Waals surface area (Å²) in [6.07, 6.45) is 3.32. The number of aryl methyl sites for hydroxylation is 1. The summed E-state index contributed by atoms with van der Waals surface area (Å²) in [5, 5.41) is 10.2. The molecule has 27 heavy (non-hydrogen) atoms. The Morgan fingerprint density at radius 3 is 2.44 bits per heavy atom. The van der Waals surface area contributed by atoms with Gasteiger partial charge in [-0.15, -0.1) is 0 Å². The van der Waals surface area contributed by atoms with Crippen LogP contribution in [-0.2, 0) is 21.0 Å². The van der Waals surface area contributed by atoms with Crippen LogP contribution in [-0.4, -0.2) is 9.99 Å². The van der Waals surface area contributed by atoms with Gasteiger partial charge in [0.15, 0.2) is 5.78 Å². The lowest BCUT2D eigenvalue weighted by Gasteiger charge is -2.27. The lowest BCUT2D eigenvalue weighted by Crippen LogP contribution is -2.25. The molecule has 0 bridgehead atoms. The average Bonchev–Trinajstić information content (AvgIpc) is 3.09. The van der Waals surface area contributed by atoms with E-state index >= 15 is 0 Å². The van der Waals surface area contributed by atoms with Crippen LogP contribution >= 0.6 is 0 Å². The van der Waals surface area contributed by atoms with E-state index < -0.39 is 16.2 Å². The molecule has 3 nitrogen and oxygen atoms in total. The first-order valence-electron chi connectivity index (χ1n) is 9.10. The normalized spacial score (nSPS) is 27.7. The lowest BCUT2D eigenvalue weighted by molar-refractivity contribution is -0.115. The Labute approximate surface area is 162 Å². The molecule has 0 aliphatic heterocycles. The molecule has 2 aliphatic carbocycles. The number of ketones is 1. The zero-order valence-electron chi connectivity index (χ0n) is 15.5. The second-order valence-electron chi connectivity index (χ2n) is 8.00. The van der Waals surface area contributed by atoms with E-state index in [1.54, 1.807) is 6.08 Å². The highest BCUT2D eigenvalue weighted by Gasteiger charge is 2.54. The molecule has 3 atom stereocenters. The van der Waals surface area contributed by atoms with Gasteiger partial charge >= 0.3 is 0 Å². The van der Waals surface area contributed by atoms with Crippen molar-refractivity contribution in [1.82, 2.24) is 0 Å². The largest absolute Gasteiger partial charge is 0.295 e. The van der Waals surface area contributed by atoms with Crippen LogP contribution < -0.4 is 0 Å². The maximum Gasteiger partial charge on any atom is 0.156 e. The molecule has 0 unspecified atom stereocenters. The molecule has 0 radical (unpaired) electrons. The third kappa shape index (κ3) is 2.87. The summed E-state index contributed by atoms with van der Waals surface area (Å²) in [5.74, 6) is 0.149. The van der Waals surface area contributed by atoms with Gasteiger partial charge in [-0.3, -0.25) is 4.79 Å². The van der Waals surface area contributed by atoms with Gasteiger partial charge in [0.1, 0.15) is 0 Å². The third-order valence-corrected chi connectivity index (χ3v) is 7.37. The third-order valence-electron chi connectivity index (χ3n) is 5.91. The minimum absolute atomic E-state index is 0.149. The fraction of sp³-hybridized carbons (Fsp3) is 0.304. The van der Waals surface area contributed by atoms with Gasteiger partial charge in [-0.25, -0.2) is 4.21 Å². The fourth-order valence-corrected chi connectivity index (χ4v) is 5.86. The summed E-state index contributed by atoms with van der Waals surface area (Å²) in [6, 6.07) is 17.8. The lowest BCUT2D eigenvalue weighted by atomic mass is 9.75. The van der Waals surface area contributed by atoms with Crippen molar-refractivity contribution in [2.45, 2.75) is 48.3 Å². The molecule has 0 amide bonds. The zero-order valence-corrected chi connectivity index (χ0v) is 16.3. The number of nitriles is 1. The van der Waals surface area contributed by atoms with Crippen LogP contribution in [0.1, 0.15) is 37.3 Å². The minimum Gasteiger partial charge on any atom is -0.295 e. The Bertz CT molecular complexity index is 1030. The number of allylic oxidation sites excluding steroid dienone is 2. The number of hydrogen-bond acceptors (Lipinski definition) is 3. The summed E-state index contributed by atoms with van der Waals surface area (Å²) >= 11 is 0. The number of nitrogens with zero attached hydrogens (tertiary/aromatic N) is 1. The van der Waals surface area contributed by atoms with E-state index in [0.717, 1.165) is 21.6 Å². The van der Waals surface area contributed by atoms with Crippen molar-refractivity contribution in [1.29, 1.82) is 5.26 Å². The smallest absolute Gasteiger partial charge is 0.156 e. The van der Waals surface area contributed by atoms with Gasteiger partial charge in [0.2, 0.25) is 0 Å². The Morgan fingerprint density at radius 2 is 1.78 bits per heavy atom. The summed E-state index contributed by atoms with van der Waals surface area (Å²) < 4.78 is 13.3. The van der Waals surface area contributed by atoms with Gasteiger partial charge in [-0.1, -0.05) is 48.4 Å². The van der Waals surface area contributed by atoms with Crippen LogP contribution in [0.15, 0.2) is 70.0 Å². The highest BCUT2D eigenvalue weighted by atomic mass is 32.2. The van der Waals surface area contributed by atoms with E-state index in [1.807, 2.05) is 55.5 Å². The summed E-state index contributed by atoms with van der Waals surface area (Å²) in [7, 11) is -1.35. The first-order chi connectivity index (χ1) is 12.9. The number of hydrogen-bond donors (Lipinski definition) is 0. The van der Waals surface area contributed by atoms with Crippen molar-refractivity contribution < 1.29 is 9.00 Å². The Morgan fingerprint density at radius 1 is 1.07 bits per heavy atom. The second-order valence-corrected chi connectivity index (χ2v) is 9.45. The molecular formula is C23H21NO2S. The standard InChI is InChI=1S/C23H21NO2S/c1-16-7-9-19(10-8-16)27(26)21-6-4-3-5-20(21)23(15-24)12-17-11-18(25)13-22(17,2)14-23/h3-11H,12-14H2,1-2H3/t22-,23-,27+/m1/s1. The number of rotatable bonds is 3. The monoisotopic (exact) mass is 375 g/mol. The van der Waals surface area contributed by atoms with E-state index in [4.69, 9.17) is 0 Å². The van der Waals surface area contributed by atoms with Crippen molar-refractivity contribution >= 4 is 16.6 Å². The van der Waals surface area contributed by atoms with Crippen molar-refractivity contribution in [3.8, 4) is 6.07 Å². The van der Waals surface area contributed by atoms with Crippen molar-refractivity contribution in [2.24, 2.45) is 5.41 Å². The van der Waals surface area contributed by atoms with Crippen molar-refractivity contribution in [3.63, 3.8) is 0 Å². The Kier molecular flexibility index (Phi) is 4.16. The first kappa shape index (κ1) is 17.9. The molecular weight excluding hydrogens is 354 g/mol. The molecule has 0 spiro atoms. The summed E-state index contributed by atoms with van der Waals surface area (Å²) in [6.45, 7) is 4.07. The molecule has 2 aromatic rings. The Balaban J connectivity index is 1.80. The quantitative estimate of drug-likeness (QED) is 0.786. The zero-order chi connectivity index (χ0) is 19.2. The molecule has 4 rings (SSSR count). The predicted octanol–water partition coefficient (Wildman–Crippen LogP) is 4.62. The van der Waals surface area contributed by atoms with Gasteiger partial charge in [0.05, 0.1) is 22.3 Å². The molecule has 0 heterocycles. The van der Waals surface area contributed by atoms with Gasteiger partial charge in [-0.2, -0.15) is 5.26 Å². The molecule has 0 N–H and O–H groups in total. The maximum absolute atomic E-state index is 13.3. The highest BCUT2D eigenvalue weighted by Crippen LogP contribution is 2.58. The molecule has 1 saturated carbocycles. The molecule has 2 aliphatic rings. The fourth-order valence-electron chi connectivity index (χ4n) is 4.55. The van der Waals surface area contributed by atoms with Crippen LogP contribution in [0.3, 0.4) is 0 Å². The van der Waals surface area contributed by atoms with E-state index in [9.17, 15) is 14.3 Å². The van der Waals surface area contributed by atoms with Crippen molar-refractivity contribution in [3.05, 3.63) is 71.3 Å². The van der Waals surface area contributed by atoms with Gasteiger partial charge in [0, 0.05) is 16.2 Å². The number of carbonyl (C=O) groups is 1. The summed E-state index contributed by atoms with van der Waals surface area (Å²) in [5.41, 5.74) is 2.01. The summed E-state index contributed by atoms with van der Waals surface area (Å²) in [4.78, 5) is 13.3. The van der Waals surface area contributed by atoms with E-state index in [0.29, 0.717) is 24.2 Å². The Hall–Kier alpha value is -2.51. The van der Waals surface area contributed by atoms with Crippen LogP contribution in [0, 0.1) is 23.7 Å². The maximum atomic E-state index is 13.3. The van der Waals surface area contributed by atoms with Gasteiger partial charge in [-0.05, 0) is 55.0 Å².